The van der Waals surface area contributed by atoms with E-state index in [-0.39, 0.29) is 36.3 Å². The average molecular weight is 419 g/mol. The van der Waals surface area contributed by atoms with Gasteiger partial charge in [0.25, 0.3) is 11.6 Å². The second-order valence-corrected chi connectivity index (χ2v) is 9.45. The van der Waals surface area contributed by atoms with Crippen LogP contribution in [0.3, 0.4) is 0 Å². The highest BCUT2D eigenvalue weighted by Crippen LogP contribution is 2.42. The quantitative estimate of drug-likeness (QED) is 0.772. The lowest BCUT2D eigenvalue weighted by Gasteiger charge is -2.45. The van der Waals surface area contributed by atoms with Crippen molar-refractivity contribution in [3.05, 3.63) is 23.0 Å². The zero-order valence-corrected chi connectivity index (χ0v) is 18.0. The van der Waals surface area contributed by atoms with Crippen LogP contribution in [0.25, 0.3) is 11.1 Å². The maximum atomic E-state index is 13.5. The van der Waals surface area contributed by atoms with Gasteiger partial charge < -0.3 is 15.6 Å². The molecule has 2 unspecified atom stereocenters. The summed E-state index contributed by atoms with van der Waals surface area (Å²) in [5, 5.41) is 8.43. The largest absolute Gasteiger partial charge is 0.349 e. The number of fused-ring (bicyclic) bond motifs is 3. The Morgan fingerprint density at radius 1 is 1.21 bits per heavy atom. The number of hydrogen-bond donors (Lipinski definition) is 2. The van der Waals surface area contributed by atoms with E-state index in [0.29, 0.717) is 29.0 Å². The van der Waals surface area contributed by atoms with Crippen molar-refractivity contribution in [3.8, 4) is 0 Å². The van der Waals surface area contributed by atoms with Gasteiger partial charge in [0.2, 0.25) is 0 Å². The van der Waals surface area contributed by atoms with Crippen LogP contribution in [-0.2, 0) is 0 Å². The van der Waals surface area contributed by atoms with Crippen LogP contribution in [-0.4, -0.2) is 28.1 Å². The number of rotatable bonds is 4. The molecule has 3 saturated carbocycles. The summed E-state index contributed by atoms with van der Waals surface area (Å²) in [7, 11) is 0. The Hall–Kier alpha value is -1.66. The maximum Gasteiger partial charge on any atom is 0.259 e. The van der Waals surface area contributed by atoms with Gasteiger partial charge in [0, 0.05) is 23.7 Å². The molecule has 6 nitrogen and oxygen atoms in total. The summed E-state index contributed by atoms with van der Waals surface area (Å²) in [4.78, 5) is 18.1. The van der Waals surface area contributed by atoms with E-state index >= 15 is 0 Å². The molecule has 2 atom stereocenters. The first-order valence-electron chi connectivity index (χ1n) is 10.9. The van der Waals surface area contributed by atoms with Crippen molar-refractivity contribution in [2.24, 2.45) is 17.6 Å². The van der Waals surface area contributed by atoms with Crippen LogP contribution in [0, 0.1) is 11.8 Å². The molecular weight excluding hydrogens is 388 g/mol. The van der Waals surface area contributed by atoms with E-state index in [1.807, 2.05) is 6.07 Å². The third kappa shape index (κ3) is 3.77. The first-order valence-corrected chi connectivity index (χ1v) is 10.9. The highest BCUT2D eigenvalue weighted by molar-refractivity contribution is 6.06. The smallest absolute Gasteiger partial charge is 0.259 e. The van der Waals surface area contributed by atoms with Crippen LogP contribution in [0.1, 0.15) is 92.4 Å². The number of carbonyl (C=O) groups is 1. The second kappa shape index (κ2) is 7.88. The highest BCUT2D eigenvalue weighted by Gasteiger charge is 2.40. The van der Waals surface area contributed by atoms with Crippen LogP contribution in [0.5, 0.6) is 0 Å². The number of aromatic nitrogens is 2. The van der Waals surface area contributed by atoms with Crippen molar-refractivity contribution < 1.29 is 9.32 Å². The van der Waals surface area contributed by atoms with Gasteiger partial charge >= 0.3 is 0 Å². The molecule has 2 aromatic rings. The molecule has 1 amide bonds. The molecule has 0 aliphatic heterocycles. The molecule has 3 aliphatic rings. The minimum atomic E-state index is -0.00299. The Morgan fingerprint density at radius 2 is 1.90 bits per heavy atom. The van der Waals surface area contributed by atoms with Crippen molar-refractivity contribution in [2.45, 2.75) is 82.7 Å². The topological polar surface area (TPSA) is 94.0 Å². The Labute approximate surface area is 177 Å². The summed E-state index contributed by atoms with van der Waals surface area (Å²) in [6.45, 7) is 4.14. The number of hydrogen-bond acceptors (Lipinski definition) is 5. The number of nitrogens with two attached hydrogens (primary N) is 1. The van der Waals surface area contributed by atoms with Crippen LogP contribution in [0.15, 0.2) is 10.6 Å². The Balaban J connectivity index is 0.00000205. The van der Waals surface area contributed by atoms with Crippen molar-refractivity contribution in [2.75, 3.05) is 0 Å². The molecule has 3 N–H and O–H groups in total. The molecule has 29 heavy (non-hydrogen) atoms. The first-order chi connectivity index (χ1) is 13.5. The summed E-state index contributed by atoms with van der Waals surface area (Å²) in [6.07, 6.45) is 7.89. The standard InChI is InChI=1S/C22H30N4O2.ClH/c1-11(2)19-18-16(10-17(12-6-7-12)24-22(18)28-26-19)21(27)25-20-13-4-3-5-14(20)9-15(23)8-13;/h10-15,20H,3-9,23H2,1-2H3,(H,25,27);1H. The van der Waals surface area contributed by atoms with Crippen LogP contribution >= 0.6 is 12.4 Å². The predicted octanol–water partition coefficient (Wildman–Crippen LogP) is 4.28. The molecule has 2 aromatic heterocycles. The van der Waals surface area contributed by atoms with Crippen LogP contribution in [0.2, 0.25) is 0 Å². The number of carbonyl (C=O) groups excluding carboxylic acids is 1. The van der Waals surface area contributed by atoms with Crippen molar-refractivity contribution in [1.29, 1.82) is 0 Å². The molecule has 3 aliphatic carbocycles. The zero-order valence-electron chi connectivity index (χ0n) is 17.2. The second-order valence-electron chi connectivity index (χ2n) is 9.45. The lowest BCUT2D eigenvalue weighted by Crippen LogP contribution is -2.53. The monoisotopic (exact) mass is 418 g/mol. The van der Waals surface area contributed by atoms with Crippen molar-refractivity contribution in [1.82, 2.24) is 15.5 Å². The van der Waals surface area contributed by atoms with E-state index in [9.17, 15) is 4.79 Å². The van der Waals surface area contributed by atoms with E-state index in [0.717, 1.165) is 42.5 Å². The molecule has 2 heterocycles. The normalized spacial score (nSPS) is 29.0. The number of amides is 1. The fraction of sp³-hybridized carbons (Fsp3) is 0.682. The molecular formula is C22H31ClN4O2. The van der Waals surface area contributed by atoms with Crippen LogP contribution in [0.4, 0.5) is 0 Å². The van der Waals surface area contributed by atoms with Gasteiger partial charge in [0.15, 0.2) is 0 Å². The van der Waals surface area contributed by atoms with Crippen molar-refractivity contribution >= 4 is 29.4 Å². The highest BCUT2D eigenvalue weighted by atomic mass is 35.5. The van der Waals surface area contributed by atoms with Gasteiger partial charge in [0.05, 0.1) is 16.6 Å². The fourth-order valence-electron chi connectivity index (χ4n) is 5.41. The summed E-state index contributed by atoms with van der Waals surface area (Å²) in [6, 6.07) is 2.50. The fourth-order valence-corrected chi connectivity index (χ4v) is 5.41. The molecule has 5 rings (SSSR count). The molecule has 158 valence electrons. The SMILES string of the molecule is CC(C)c1noc2nc(C3CC3)cc(C(=O)NC3C4CCCC3CC(N)C4)c12.Cl. The molecule has 3 fully saturated rings. The third-order valence-electron chi connectivity index (χ3n) is 6.95. The lowest BCUT2D eigenvalue weighted by atomic mass is 9.67. The van der Waals surface area contributed by atoms with E-state index in [1.165, 1.54) is 19.3 Å². The Kier molecular flexibility index (Phi) is 5.60. The number of nitrogens with zero attached hydrogens (tertiary/aromatic N) is 2. The van der Waals surface area contributed by atoms with Gasteiger partial charge in [-0.15, -0.1) is 12.4 Å². The van der Waals surface area contributed by atoms with E-state index in [1.54, 1.807) is 0 Å². The average Bonchev–Trinajstić information content (AvgIpc) is 3.40. The first kappa shape index (κ1) is 20.6. The van der Waals surface area contributed by atoms with Gasteiger partial charge in [-0.05, 0) is 62.3 Å². The molecule has 2 bridgehead atoms. The van der Waals surface area contributed by atoms with Gasteiger partial charge in [-0.2, -0.15) is 0 Å². The Morgan fingerprint density at radius 3 is 2.52 bits per heavy atom. The maximum absolute atomic E-state index is 13.5. The zero-order chi connectivity index (χ0) is 19.4. The summed E-state index contributed by atoms with van der Waals surface area (Å²) in [5.41, 5.74) is 9.24. The summed E-state index contributed by atoms with van der Waals surface area (Å²) < 4.78 is 5.54. The Bertz CT molecular complexity index is 894. The predicted molar refractivity (Wildman–Crippen MR) is 114 cm³/mol. The van der Waals surface area contributed by atoms with E-state index in [4.69, 9.17) is 10.3 Å². The molecule has 0 spiro atoms. The molecule has 7 heteroatoms. The number of halogens is 1. The van der Waals surface area contributed by atoms with Gasteiger partial charge in [-0.3, -0.25) is 4.79 Å². The minimum absolute atomic E-state index is 0. The third-order valence-corrected chi connectivity index (χ3v) is 6.95. The summed E-state index contributed by atoms with van der Waals surface area (Å²) in [5.74, 6) is 1.62. The number of nitrogens with one attached hydrogen (secondary N) is 1. The van der Waals surface area contributed by atoms with E-state index < -0.39 is 0 Å². The molecule has 0 saturated heterocycles. The lowest BCUT2D eigenvalue weighted by molar-refractivity contribution is 0.0757. The number of pyridine rings is 1. The molecule has 0 radical (unpaired) electrons. The van der Waals surface area contributed by atoms with Gasteiger partial charge in [-0.25, -0.2) is 4.98 Å². The summed E-state index contributed by atoms with van der Waals surface area (Å²) >= 11 is 0. The van der Waals surface area contributed by atoms with Gasteiger partial charge in [0.1, 0.15) is 0 Å². The van der Waals surface area contributed by atoms with Gasteiger partial charge in [-0.1, -0.05) is 25.4 Å². The minimum Gasteiger partial charge on any atom is -0.349 e. The van der Waals surface area contributed by atoms with Crippen LogP contribution < -0.4 is 11.1 Å². The van der Waals surface area contributed by atoms with Crippen molar-refractivity contribution in [3.63, 3.8) is 0 Å². The molecule has 0 aromatic carbocycles. The van der Waals surface area contributed by atoms with E-state index in [2.05, 4.69) is 29.3 Å².